The van der Waals surface area contributed by atoms with Crippen LogP contribution in [-0.4, -0.2) is 27.7 Å². The molecular weight excluding hydrogens is 381 g/mol. The van der Waals surface area contributed by atoms with Crippen molar-refractivity contribution in [2.75, 3.05) is 11.9 Å². The standard InChI is InChI=1S/C13H12BrF3N4O2/c14-8-4-1-2-5-9(8)23-7-3-6-10(22)18-12-19-11(20-21-12)13(15,16)17/h1-2,4-5H,3,6-7H2,(H2,18,19,20,21,22). The van der Waals surface area contributed by atoms with E-state index in [1.54, 1.807) is 11.2 Å². The van der Waals surface area contributed by atoms with E-state index < -0.39 is 23.9 Å². The number of H-pyrrole nitrogens is 1. The van der Waals surface area contributed by atoms with E-state index in [2.05, 4.69) is 31.3 Å². The van der Waals surface area contributed by atoms with Gasteiger partial charge in [0.05, 0.1) is 11.1 Å². The Morgan fingerprint density at radius 3 is 2.74 bits per heavy atom. The van der Waals surface area contributed by atoms with Gasteiger partial charge in [-0.2, -0.15) is 18.2 Å². The maximum Gasteiger partial charge on any atom is 0.451 e. The average Bonchev–Trinajstić information content (AvgIpc) is 2.94. The van der Waals surface area contributed by atoms with Crippen LogP contribution in [0.3, 0.4) is 0 Å². The molecule has 124 valence electrons. The maximum absolute atomic E-state index is 12.3. The van der Waals surface area contributed by atoms with Crippen molar-refractivity contribution in [2.45, 2.75) is 19.0 Å². The Balaban J connectivity index is 1.73. The molecule has 0 saturated carbocycles. The third-order valence-electron chi connectivity index (χ3n) is 2.65. The van der Waals surface area contributed by atoms with Gasteiger partial charge >= 0.3 is 6.18 Å². The number of hydrogen-bond donors (Lipinski definition) is 2. The van der Waals surface area contributed by atoms with Crippen LogP contribution in [0, 0.1) is 0 Å². The molecule has 2 rings (SSSR count). The van der Waals surface area contributed by atoms with Crippen molar-refractivity contribution >= 4 is 27.8 Å². The topological polar surface area (TPSA) is 79.9 Å². The molecule has 0 atom stereocenters. The van der Waals surface area contributed by atoms with Crippen LogP contribution in [0.2, 0.25) is 0 Å². The highest BCUT2D eigenvalue weighted by atomic mass is 79.9. The molecule has 0 saturated heterocycles. The van der Waals surface area contributed by atoms with Crippen LogP contribution >= 0.6 is 15.9 Å². The molecule has 2 N–H and O–H groups in total. The van der Waals surface area contributed by atoms with Gasteiger partial charge in [0.25, 0.3) is 0 Å². The number of anilines is 1. The van der Waals surface area contributed by atoms with Gasteiger partial charge in [-0.15, -0.1) is 5.10 Å². The summed E-state index contributed by atoms with van der Waals surface area (Å²) < 4.78 is 43.2. The molecule has 0 unspecified atom stereocenters. The molecule has 1 aromatic carbocycles. The summed E-state index contributed by atoms with van der Waals surface area (Å²) in [5.74, 6) is -1.51. The van der Waals surface area contributed by atoms with Gasteiger partial charge in [-0.25, -0.2) is 0 Å². The Bertz CT molecular complexity index is 675. The normalized spacial score (nSPS) is 11.3. The SMILES string of the molecule is O=C(CCCOc1ccccc1Br)Nc1n[nH]c(C(F)(F)F)n1. The lowest BCUT2D eigenvalue weighted by Crippen LogP contribution is -2.14. The highest BCUT2D eigenvalue weighted by Crippen LogP contribution is 2.26. The van der Waals surface area contributed by atoms with Crippen molar-refractivity contribution in [3.63, 3.8) is 0 Å². The molecule has 0 aliphatic heterocycles. The first-order valence-corrected chi connectivity index (χ1v) is 7.32. The summed E-state index contributed by atoms with van der Waals surface area (Å²) in [7, 11) is 0. The molecule has 0 radical (unpaired) electrons. The lowest BCUT2D eigenvalue weighted by Gasteiger charge is -2.07. The molecule has 1 amide bonds. The monoisotopic (exact) mass is 392 g/mol. The number of nitrogens with zero attached hydrogens (tertiary/aromatic N) is 2. The highest BCUT2D eigenvalue weighted by molar-refractivity contribution is 9.10. The van der Waals surface area contributed by atoms with Gasteiger partial charge < -0.3 is 4.74 Å². The van der Waals surface area contributed by atoms with Crippen molar-refractivity contribution in [3.8, 4) is 5.75 Å². The Hall–Kier alpha value is -2.10. The number of aromatic amines is 1. The summed E-state index contributed by atoms with van der Waals surface area (Å²) >= 11 is 3.32. The zero-order valence-electron chi connectivity index (χ0n) is 11.7. The number of carbonyl (C=O) groups excluding carboxylic acids is 1. The van der Waals surface area contributed by atoms with Crippen LogP contribution in [0.1, 0.15) is 18.7 Å². The molecule has 1 heterocycles. The van der Waals surface area contributed by atoms with Gasteiger partial charge in [-0.05, 0) is 34.5 Å². The fourth-order valence-electron chi connectivity index (χ4n) is 1.61. The molecule has 6 nitrogen and oxygen atoms in total. The van der Waals surface area contributed by atoms with Gasteiger partial charge in [0.15, 0.2) is 0 Å². The van der Waals surface area contributed by atoms with Crippen LogP contribution in [0.15, 0.2) is 28.7 Å². The summed E-state index contributed by atoms with van der Waals surface area (Å²) in [4.78, 5) is 14.7. The van der Waals surface area contributed by atoms with Gasteiger partial charge in [0.2, 0.25) is 17.7 Å². The van der Waals surface area contributed by atoms with Crippen LogP contribution in [0.4, 0.5) is 19.1 Å². The number of amides is 1. The number of aromatic nitrogens is 3. The second-order valence-electron chi connectivity index (χ2n) is 4.44. The number of halogens is 4. The maximum atomic E-state index is 12.3. The predicted octanol–water partition coefficient (Wildman–Crippen LogP) is 3.38. The molecule has 0 spiro atoms. The summed E-state index contributed by atoms with van der Waals surface area (Å²) in [6.45, 7) is 0.290. The second-order valence-corrected chi connectivity index (χ2v) is 5.29. The van der Waals surface area contributed by atoms with Crippen LogP contribution in [0.25, 0.3) is 0 Å². The Morgan fingerprint density at radius 2 is 2.09 bits per heavy atom. The average molecular weight is 393 g/mol. The third kappa shape index (κ3) is 5.23. The number of hydrogen-bond acceptors (Lipinski definition) is 4. The Labute approximate surface area is 137 Å². The quantitative estimate of drug-likeness (QED) is 0.738. The Kier molecular flexibility index (Phi) is 5.59. The first kappa shape index (κ1) is 17.3. The van der Waals surface area contributed by atoms with Gasteiger partial charge in [-0.1, -0.05) is 12.1 Å². The summed E-state index contributed by atoms with van der Waals surface area (Å²) in [6, 6.07) is 7.25. The van der Waals surface area contributed by atoms with E-state index in [9.17, 15) is 18.0 Å². The molecule has 0 bridgehead atoms. The van der Waals surface area contributed by atoms with Crippen molar-refractivity contribution < 1.29 is 22.7 Å². The lowest BCUT2D eigenvalue weighted by molar-refractivity contribution is -0.144. The van der Waals surface area contributed by atoms with Crippen LogP contribution < -0.4 is 10.1 Å². The van der Waals surface area contributed by atoms with E-state index in [4.69, 9.17) is 4.74 Å². The van der Waals surface area contributed by atoms with E-state index in [0.717, 1.165) is 4.47 Å². The molecule has 23 heavy (non-hydrogen) atoms. The fraction of sp³-hybridized carbons (Fsp3) is 0.308. The van der Waals surface area contributed by atoms with Crippen molar-refractivity contribution in [2.24, 2.45) is 0 Å². The van der Waals surface area contributed by atoms with Crippen molar-refractivity contribution in [1.82, 2.24) is 15.2 Å². The zero-order chi connectivity index (χ0) is 16.9. The molecule has 0 aliphatic carbocycles. The number of para-hydroxylation sites is 1. The minimum absolute atomic E-state index is 0.0698. The predicted molar refractivity (Wildman–Crippen MR) is 78.9 cm³/mol. The number of alkyl halides is 3. The van der Waals surface area contributed by atoms with E-state index >= 15 is 0 Å². The van der Waals surface area contributed by atoms with Crippen molar-refractivity contribution in [3.05, 3.63) is 34.6 Å². The fourth-order valence-corrected chi connectivity index (χ4v) is 2.01. The second kappa shape index (κ2) is 7.44. The first-order chi connectivity index (χ1) is 10.9. The van der Waals surface area contributed by atoms with E-state index in [1.807, 2.05) is 18.2 Å². The summed E-state index contributed by atoms with van der Waals surface area (Å²) in [5.41, 5.74) is 0. The van der Waals surface area contributed by atoms with Crippen LogP contribution in [0.5, 0.6) is 5.75 Å². The third-order valence-corrected chi connectivity index (χ3v) is 3.30. The van der Waals surface area contributed by atoms with Gasteiger partial charge in [0.1, 0.15) is 5.75 Å². The molecule has 2 aromatic rings. The van der Waals surface area contributed by atoms with E-state index in [1.165, 1.54) is 0 Å². The summed E-state index contributed by atoms with van der Waals surface area (Å²) in [6.07, 6.45) is -4.17. The zero-order valence-corrected chi connectivity index (χ0v) is 13.2. The Morgan fingerprint density at radius 1 is 1.35 bits per heavy atom. The largest absolute Gasteiger partial charge is 0.492 e. The highest BCUT2D eigenvalue weighted by Gasteiger charge is 2.35. The number of rotatable bonds is 6. The molecule has 10 heteroatoms. The smallest absolute Gasteiger partial charge is 0.451 e. The molecular formula is C13H12BrF3N4O2. The summed E-state index contributed by atoms with van der Waals surface area (Å²) in [5, 5.41) is 7.19. The number of carbonyl (C=O) groups is 1. The minimum atomic E-state index is -4.63. The van der Waals surface area contributed by atoms with Crippen LogP contribution in [-0.2, 0) is 11.0 Å². The van der Waals surface area contributed by atoms with Crippen molar-refractivity contribution in [1.29, 1.82) is 0 Å². The number of benzene rings is 1. The first-order valence-electron chi connectivity index (χ1n) is 6.53. The molecule has 1 aromatic heterocycles. The number of nitrogens with one attached hydrogen (secondary N) is 2. The number of ether oxygens (including phenoxy) is 1. The molecule has 0 aliphatic rings. The molecule has 0 fully saturated rings. The lowest BCUT2D eigenvalue weighted by atomic mass is 10.3. The minimum Gasteiger partial charge on any atom is -0.492 e. The van der Waals surface area contributed by atoms with Gasteiger partial charge in [-0.3, -0.25) is 15.2 Å². The van der Waals surface area contributed by atoms with E-state index in [0.29, 0.717) is 12.2 Å². The van der Waals surface area contributed by atoms with Gasteiger partial charge in [0, 0.05) is 6.42 Å². The van der Waals surface area contributed by atoms with E-state index in [-0.39, 0.29) is 13.0 Å².